The van der Waals surface area contributed by atoms with Gasteiger partial charge in [-0.2, -0.15) is 0 Å². The lowest BCUT2D eigenvalue weighted by molar-refractivity contribution is -0.304. The van der Waals surface area contributed by atoms with Gasteiger partial charge in [-0.3, -0.25) is 19.3 Å². The van der Waals surface area contributed by atoms with Crippen molar-refractivity contribution in [3.8, 4) is 0 Å². The summed E-state index contributed by atoms with van der Waals surface area (Å²) in [5, 5.41) is 11.7. The van der Waals surface area contributed by atoms with E-state index in [2.05, 4.69) is 0 Å². The number of benzene rings is 1. The normalized spacial score (nSPS) is 16.2. The first-order chi connectivity index (χ1) is 10.5. The lowest BCUT2D eigenvalue weighted by Crippen LogP contribution is -2.43. The number of thioether (sulfide) groups is 1. The number of hydrogen-bond acceptors (Lipinski definition) is 6. The van der Waals surface area contributed by atoms with E-state index >= 15 is 0 Å². The number of carboxylic acids is 1. The molecule has 1 saturated heterocycles. The van der Waals surface area contributed by atoms with Crippen LogP contribution >= 0.6 is 11.8 Å². The molecule has 3 amide bonds. The van der Waals surface area contributed by atoms with Crippen LogP contribution in [0.15, 0.2) is 35.2 Å². The number of amides is 3. The van der Waals surface area contributed by atoms with Gasteiger partial charge in [0.25, 0.3) is 11.1 Å². The monoisotopic (exact) mass is 319 g/mol. The van der Waals surface area contributed by atoms with Crippen LogP contribution in [0.1, 0.15) is 5.56 Å². The number of aliphatic carboxylic acids is 1. The first kappa shape index (κ1) is 15.8. The Morgan fingerprint density at radius 2 is 1.91 bits per heavy atom. The highest BCUT2D eigenvalue weighted by Crippen LogP contribution is 2.31. The van der Waals surface area contributed by atoms with Gasteiger partial charge in [0.2, 0.25) is 5.91 Å². The number of hydrogen-bond donors (Lipinski definition) is 1. The van der Waals surface area contributed by atoms with Crippen molar-refractivity contribution in [2.45, 2.75) is 0 Å². The molecule has 1 heterocycles. The van der Waals surface area contributed by atoms with Gasteiger partial charge in [0.05, 0.1) is 17.4 Å². The molecule has 0 spiro atoms. The fourth-order valence-corrected chi connectivity index (χ4v) is 2.55. The summed E-state index contributed by atoms with van der Waals surface area (Å²) in [6.45, 7) is -1.20. The van der Waals surface area contributed by atoms with Crippen molar-refractivity contribution in [2.75, 3.05) is 13.1 Å². The average Bonchev–Trinajstić information content (AvgIpc) is 2.74. The van der Waals surface area contributed by atoms with Gasteiger partial charge in [-0.05, 0) is 23.4 Å². The molecule has 8 heteroatoms. The molecule has 1 fully saturated rings. The molecule has 0 atom stereocenters. The quantitative estimate of drug-likeness (QED) is 0.739. The van der Waals surface area contributed by atoms with Crippen LogP contribution in [0.25, 0.3) is 6.08 Å². The summed E-state index contributed by atoms with van der Waals surface area (Å²) in [5.41, 5.74) is 0.759. The van der Waals surface area contributed by atoms with Crippen LogP contribution in [0, 0.1) is 0 Å². The fourth-order valence-electron chi connectivity index (χ4n) is 1.71. The molecule has 1 aliphatic rings. The van der Waals surface area contributed by atoms with E-state index in [1.807, 2.05) is 11.4 Å². The third kappa shape index (κ3) is 3.95. The Bertz CT molecular complexity index is 656. The minimum Gasteiger partial charge on any atom is -0.548 e. The Hall–Kier alpha value is -2.61. The molecule has 0 radical (unpaired) electrons. The predicted octanol–water partition coefficient (Wildman–Crippen LogP) is -0.411. The highest BCUT2D eigenvalue weighted by Gasteiger charge is 2.36. The van der Waals surface area contributed by atoms with E-state index in [0.717, 1.165) is 22.2 Å². The largest absolute Gasteiger partial charge is 0.548 e. The number of imide groups is 1. The van der Waals surface area contributed by atoms with E-state index in [4.69, 9.17) is 0 Å². The molecule has 2 rings (SSSR count). The summed E-state index contributed by atoms with van der Waals surface area (Å²) in [5.74, 6) is -2.78. The summed E-state index contributed by atoms with van der Waals surface area (Å²) >= 11 is 0.733. The van der Waals surface area contributed by atoms with Crippen LogP contribution in [0.5, 0.6) is 0 Å². The van der Waals surface area contributed by atoms with Crippen LogP contribution in [-0.4, -0.2) is 41.0 Å². The van der Waals surface area contributed by atoms with Crippen LogP contribution in [-0.2, 0) is 14.4 Å². The predicted molar refractivity (Wildman–Crippen MR) is 77.1 cm³/mol. The zero-order chi connectivity index (χ0) is 16.1. The van der Waals surface area contributed by atoms with Crippen LogP contribution in [0.2, 0.25) is 0 Å². The molecule has 0 bridgehead atoms. The maximum absolute atomic E-state index is 12.1. The SMILES string of the molecule is O=C([O-])CNC(=O)CN1C(=O)S/C(=C\c2ccccc2)C1=O. The molecule has 0 aromatic heterocycles. The summed E-state index contributed by atoms with van der Waals surface area (Å²) in [7, 11) is 0. The molecule has 114 valence electrons. The van der Waals surface area contributed by atoms with E-state index < -0.39 is 36.1 Å². The van der Waals surface area contributed by atoms with E-state index in [1.165, 1.54) is 0 Å². The Morgan fingerprint density at radius 3 is 2.55 bits per heavy atom. The second-order valence-corrected chi connectivity index (χ2v) is 5.32. The molecule has 0 unspecified atom stereocenters. The molecule has 0 aliphatic carbocycles. The van der Waals surface area contributed by atoms with Crippen molar-refractivity contribution in [2.24, 2.45) is 0 Å². The number of rotatable bonds is 5. The van der Waals surface area contributed by atoms with Crippen molar-refractivity contribution in [1.29, 1.82) is 0 Å². The zero-order valence-electron chi connectivity index (χ0n) is 11.3. The second kappa shape index (κ2) is 6.90. The van der Waals surface area contributed by atoms with Crippen molar-refractivity contribution < 1.29 is 24.3 Å². The highest BCUT2D eigenvalue weighted by molar-refractivity contribution is 8.18. The summed E-state index contributed by atoms with van der Waals surface area (Å²) < 4.78 is 0. The van der Waals surface area contributed by atoms with Crippen molar-refractivity contribution in [3.05, 3.63) is 40.8 Å². The maximum atomic E-state index is 12.1. The van der Waals surface area contributed by atoms with Gasteiger partial charge >= 0.3 is 0 Å². The van der Waals surface area contributed by atoms with E-state index in [-0.39, 0.29) is 4.91 Å². The standard InChI is InChI=1S/C14H12N2O5S/c17-11(15-7-12(18)19)8-16-13(20)10(22-14(16)21)6-9-4-2-1-3-5-9/h1-6H,7-8H2,(H,15,17)(H,18,19)/p-1/b10-6-. The van der Waals surface area contributed by atoms with Crippen molar-refractivity contribution in [3.63, 3.8) is 0 Å². The second-order valence-electron chi connectivity index (χ2n) is 4.33. The highest BCUT2D eigenvalue weighted by atomic mass is 32.2. The first-order valence-corrected chi connectivity index (χ1v) is 7.06. The third-order valence-corrected chi connectivity index (χ3v) is 3.61. The van der Waals surface area contributed by atoms with Crippen molar-refractivity contribution in [1.82, 2.24) is 10.2 Å². The van der Waals surface area contributed by atoms with E-state index in [9.17, 15) is 24.3 Å². The van der Waals surface area contributed by atoms with Gasteiger partial charge in [-0.25, -0.2) is 0 Å². The molecule has 1 aliphatic heterocycles. The third-order valence-electron chi connectivity index (χ3n) is 2.70. The average molecular weight is 319 g/mol. The van der Waals surface area contributed by atoms with Gasteiger partial charge in [0.1, 0.15) is 6.54 Å². The molecular formula is C14H11N2O5S-. The van der Waals surface area contributed by atoms with Gasteiger partial charge in [-0.1, -0.05) is 30.3 Å². The van der Waals surface area contributed by atoms with Crippen LogP contribution < -0.4 is 10.4 Å². The van der Waals surface area contributed by atoms with Crippen LogP contribution in [0.4, 0.5) is 4.79 Å². The number of nitrogens with zero attached hydrogens (tertiary/aromatic N) is 1. The summed E-state index contributed by atoms with van der Waals surface area (Å²) in [6.07, 6.45) is 1.56. The Balaban J connectivity index is 2.04. The lowest BCUT2D eigenvalue weighted by Gasteiger charge is -2.12. The molecule has 7 nitrogen and oxygen atoms in total. The number of carbonyl (C=O) groups excluding carboxylic acids is 4. The topological polar surface area (TPSA) is 107 Å². The molecule has 0 saturated carbocycles. The van der Waals surface area contributed by atoms with E-state index in [0.29, 0.717) is 0 Å². The first-order valence-electron chi connectivity index (χ1n) is 6.24. The Labute approximate surface area is 130 Å². The number of carbonyl (C=O) groups is 4. The zero-order valence-corrected chi connectivity index (χ0v) is 12.1. The molecule has 22 heavy (non-hydrogen) atoms. The lowest BCUT2D eigenvalue weighted by atomic mass is 10.2. The van der Waals surface area contributed by atoms with Crippen molar-refractivity contribution >= 4 is 40.9 Å². The van der Waals surface area contributed by atoms with Gasteiger partial charge in [0, 0.05) is 0 Å². The smallest absolute Gasteiger partial charge is 0.294 e. The minimum absolute atomic E-state index is 0.212. The maximum Gasteiger partial charge on any atom is 0.294 e. The van der Waals surface area contributed by atoms with Crippen LogP contribution in [0.3, 0.4) is 0 Å². The molecular weight excluding hydrogens is 308 g/mol. The minimum atomic E-state index is -1.45. The summed E-state index contributed by atoms with van der Waals surface area (Å²) in [6, 6.07) is 8.97. The number of nitrogens with one attached hydrogen (secondary N) is 1. The summed E-state index contributed by atoms with van der Waals surface area (Å²) in [4.78, 5) is 46.6. The Kier molecular flexibility index (Phi) is 4.95. The van der Waals surface area contributed by atoms with Gasteiger partial charge in [-0.15, -0.1) is 0 Å². The molecule has 1 aromatic rings. The molecule has 1 aromatic carbocycles. The van der Waals surface area contributed by atoms with E-state index in [1.54, 1.807) is 30.3 Å². The number of carboxylic acid groups (broad SMARTS) is 1. The van der Waals surface area contributed by atoms with Gasteiger partial charge in [0.15, 0.2) is 0 Å². The molecule has 1 N–H and O–H groups in total. The fraction of sp³-hybridized carbons (Fsp3) is 0.143. The Morgan fingerprint density at radius 1 is 1.23 bits per heavy atom. The van der Waals surface area contributed by atoms with Gasteiger partial charge < -0.3 is 15.2 Å².